The maximum absolute atomic E-state index is 13.1. The lowest BCUT2D eigenvalue weighted by atomic mass is 10.2. The summed E-state index contributed by atoms with van der Waals surface area (Å²) < 4.78 is 15.0. The van der Waals surface area contributed by atoms with Crippen LogP contribution in [-0.2, 0) is 6.54 Å². The lowest BCUT2D eigenvalue weighted by Crippen LogP contribution is -1.99. The van der Waals surface area contributed by atoms with Gasteiger partial charge in [0.25, 0.3) is 0 Å². The molecule has 0 saturated heterocycles. The van der Waals surface area contributed by atoms with Crippen molar-refractivity contribution in [1.82, 2.24) is 9.55 Å². The van der Waals surface area contributed by atoms with E-state index in [2.05, 4.69) is 4.98 Å². The number of imidazole rings is 1. The Bertz CT molecular complexity index is 845. The van der Waals surface area contributed by atoms with Crippen molar-refractivity contribution in [3.63, 3.8) is 0 Å². The van der Waals surface area contributed by atoms with Gasteiger partial charge in [-0.05, 0) is 35.9 Å². The number of carboxylic acids is 1. The molecular formula is C15H10ClFN2O2. The van der Waals surface area contributed by atoms with Crippen molar-refractivity contribution in [2.24, 2.45) is 0 Å². The third-order valence-corrected chi connectivity index (χ3v) is 3.49. The van der Waals surface area contributed by atoms with E-state index < -0.39 is 11.8 Å². The number of carbonyl (C=O) groups is 1. The van der Waals surface area contributed by atoms with Crippen LogP contribution in [0.1, 0.15) is 15.9 Å². The summed E-state index contributed by atoms with van der Waals surface area (Å²) in [4.78, 5) is 15.1. The third-order valence-electron chi connectivity index (χ3n) is 3.20. The molecule has 1 aromatic heterocycles. The van der Waals surface area contributed by atoms with Gasteiger partial charge in [0.15, 0.2) is 0 Å². The molecule has 6 heteroatoms. The SMILES string of the molecule is O=C(O)c1ccc2c(c1)ncn2Cc1ccc(F)c(Cl)c1. The summed E-state index contributed by atoms with van der Waals surface area (Å²) in [5.41, 5.74) is 2.43. The van der Waals surface area contributed by atoms with E-state index in [1.54, 1.807) is 24.5 Å². The second kappa shape index (κ2) is 5.18. The van der Waals surface area contributed by atoms with Crippen LogP contribution in [0.15, 0.2) is 42.7 Å². The van der Waals surface area contributed by atoms with E-state index in [1.165, 1.54) is 18.2 Å². The highest BCUT2D eigenvalue weighted by Crippen LogP contribution is 2.20. The maximum atomic E-state index is 13.1. The van der Waals surface area contributed by atoms with Crippen LogP contribution >= 0.6 is 11.6 Å². The fourth-order valence-corrected chi connectivity index (χ4v) is 2.36. The van der Waals surface area contributed by atoms with Gasteiger partial charge in [0.05, 0.1) is 27.9 Å². The second-order valence-corrected chi connectivity index (χ2v) is 5.04. The van der Waals surface area contributed by atoms with E-state index in [0.29, 0.717) is 12.1 Å². The zero-order valence-corrected chi connectivity index (χ0v) is 11.5. The van der Waals surface area contributed by atoms with Crippen LogP contribution in [0.5, 0.6) is 0 Å². The molecule has 4 nitrogen and oxygen atoms in total. The number of hydrogen-bond acceptors (Lipinski definition) is 2. The van der Waals surface area contributed by atoms with Gasteiger partial charge in [0.1, 0.15) is 5.82 Å². The molecule has 21 heavy (non-hydrogen) atoms. The summed E-state index contributed by atoms with van der Waals surface area (Å²) in [6, 6.07) is 9.29. The molecule has 0 bridgehead atoms. The first kappa shape index (κ1) is 13.6. The summed E-state index contributed by atoms with van der Waals surface area (Å²) in [6.07, 6.45) is 1.62. The number of hydrogen-bond donors (Lipinski definition) is 1. The molecule has 0 aliphatic heterocycles. The van der Waals surface area contributed by atoms with E-state index >= 15 is 0 Å². The third kappa shape index (κ3) is 2.60. The first-order valence-corrected chi connectivity index (χ1v) is 6.54. The predicted molar refractivity (Wildman–Crippen MR) is 77.2 cm³/mol. The predicted octanol–water partition coefficient (Wildman–Crippen LogP) is 3.58. The standard InChI is InChI=1S/C15H10ClFN2O2/c16-11-5-9(1-3-12(11)17)7-19-8-18-13-6-10(15(20)21)2-4-14(13)19/h1-6,8H,7H2,(H,20,21). The van der Waals surface area contributed by atoms with Gasteiger partial charge in [-0.3, -0.25) is 0 Å². The van der Waals surface area contributed by atoms with E-state index in [0.717, 1.165) is 11.1 Å². The maximum Gasteiger partial charge on any atom is 0.335 e. The molecule has 0 saturated carbocycles. The first-order chi connectivity index (χ1) is 10.0. The normalized spacial score (nSPS) is 11.0. The number of aromatic carboxylic acids is 1. The average Bonchev–Trinajstić information content (AvgIpc) is 2.85. The molecule has 0 unspecified atom stereocenters. The van der Waals surface area contributed by atoms with Crippen LogP contribution in [-0.4, -0.2) is 20.6 Å². The molecule has 0 aliphatic carbocycles. The fraction of sp³-hybridized carbons (Fsp3) is 0.0667. The largest absolute Gasteiger partial charge is 0.478 e. The Morgan fingerprint density at radius 3 is 2.81 bits per heavy atom. The van der Waals surface area contributed by atoms with Gasteiger partial charge >= 0.3 is 5.97 Å². The monoisotopic (exact) mass is 304 g/mol. The number of halogens is 2. The molecule has 1 N–H and O–H groups in total. The minimum atomic E-state index is -0.989. The Morgan fingerprint density at radius 2 is 2.10 bits per heavy atom. The Kier molecular flexibility index (Phi) is 3.35. The highest BCUT2D eigenvalue weighted by Gasteiger charge is 2.09. The summed E-state index contributed by atoms with van der Waals surface area (Å²) in [7, 11) is 0. The number of carboxylic acid groups (broad SMARTS) is 1. The number of fused-ring (bicyclic) bond motifs is 1. The van der Waals surface area contributed by atoms with E-state index in [9.17, 15) is 9.18 Å². The Labute approximate surface area is 124 Å². The topological polar surface area (TPSA) is 55.1 Å². The molecule has 0 radical (unpaired) electrons. The van der Waals surface area contributed by atoms with E-state index in [-0.39, 0.29) is 10.6 Å². The molecule has 106 valence electrons. The molecule has 2 aromatic carbocycles. The van der Waals surface area contributed by atoms with Crippen LogP contribution in [0.2, 0.25) is 5.02 Å². The summed E-state index contributed by atoms with van der Waals surface area (Å²) in [6.45, 7) is 0.475. The van der Waals surface area contributed by atoms with E-state index in [4.69, 9.17) is 16.7 Å². The highest BCUT2D eigenvalue weighted by atomic mass is 35.5. The number of benzene rings is 2. The van der Waals surface area contributed by atoms with Crippen molar-refractivity contribution in [2.75, 3.05) is 0 Å². The molecule has 3 aromatic rings. The number of nitrogens with zero attached hydrogens (tertiary/aromatic N) is 2. The molecule has 0 atom stereocenters. The van der Waals surface area contributed by atoms with Gasteiger partial charge in [0.2, 0.25) is 0 Å². The summed E-state index contributed by atoms with van der Waals surface area (Å²) >= 11 is 5.76. The van der Waals surface area contributed by atoms with Crippen molar-refractivity contribution >= 4 is 28.6 Å². The minimum absolute atomic E-state index is 0.0742. The molecule has 3 rings (SSSR count). The molecule has 0 fully saturated rings. The molecule has 0 aliphatic rings. The average molecular weight is 305 g/mol. The molecular weight excluding hydrogens is 295 g/mol. The van der Waals surface area contributed by atoms with Crippen molar-refractivity contribution in [1.29, 1.82) is 0 Å². The quantitative estimate of drug-likeness (QED) is 0.804. The van der Waals surface area contributed by atoms with Gasteiger partial charge in [-0.2, -0.15) is 0 Å². The Hall–Kier alpha value is -2.40. The van der Waals surface area contributed by atoms with Crippen molar-refractivity contribution in [2.45, 2.75) is 6.54 Å². The van der Waals surface area contributed by atoms with Gasteiger partial charge in [-0.25, -0.2) is 14.2 Å². The zero-order valence-electron chi connectivity index (χ0n) is 10.8. The Balaban J connectivity index is 1.97. The lowest BCUT2D eigenvalue weighted by Gasteiger charge is -2.06. The van der Waals surface area contributed by atoms with Crippen molar-refractivity contribution in [3.05, 3.63) is 64.7 Å². The van der Waals surface area contributed by atoms with Crippen LogP contribution in [0, 0.1) is 5.82 Å². The van der Waals surface area contributed by atoms with Crippen LogP contribution in [0.4, 0.5) is 4.39 Å². The van der Waals surface area contributed by atoms with Crippen LogP contribution in [0.25, 0.3) is 11.0 Å². The summed E-state index contributed by atoms with van der Waals surface area (Å²) in [5.74, 6) is -1.45. The minimum Gasteiger partial charge on any atom is -0.478 e. The van der Waals surface area contributed by atoms with E-state index in [1.807, 2.05) is 4.57 Å². The van der Waals surface area contributed by atoms with Crippen LogP contribution < -0.4 is 0 Å². The lowest BCUT2D eigenvalue weighted by molar-refractivity contribution is 0.0697. The van der Waals surface area contributed by atoms with Gasteiger partial charge in [-0.1, -0.05) is 17.7 Å². The fourth-order valence-electron chi connectivity index (χ4n) is 2.16. The highest BCUT2D eigenvalue weighted by molar-refractivity contribution is 6.30. The molecule has 0 spiro atoms. The Morgan fingerprint density at radius 1 is 1.29 bits per heavy atom. The molecule has 0 amide bonds. The van der Waals surface area contributed by atoms with Gasteiger partial charge < -0.3 is 9.67 Å². The van der Waals surface area contributed by atoms with Gasteiger partial charge in [0, 0.05) is 6.54 Å². The molecule has 1 heterocycles. The van der Waals surface area contributed by atoms with Crippen molar-refractivity contribution in [3.8, 4) is 0 Å². The first-order valence-electron chi connectivity index (χ1n) is 6.17. The smallest absolute Gasteiger partial charge is 0.335 e. The second-order valence-electron chi connectivity index (χ2n) is 4.63. The van der Waals surface area contributed by atoms with Gasteiger partial charge in [-0.15, -0.1) is 0 Å². The summed E-state index contributed by atoms with van der Waals surface area (Å²) in [5, 5.41) is 9.03. The van der Waals surface area contributed by atoms with Crippen LogP contribution in [0.3, 0.4) is 0 Å². The number of rotatable bonds is 3. The number of aromatic nitrogens is 2. The zero-order chi connectivity index (χ0) is 15.0. The van der Waals surface area contributed by atoms with Crippen molar-refractivity contribution < 1.29 is 14.3 Å².